The van der Waals surface area contributed by atoms with Crippen LogP contribution in [0.4, 0.5) is 0 Å². The van der Waals surface area contributed by atoms with Gasteiger partial charge in [0.2, 0.25) is 0 Å². The molecule has 0 aromatic carbocycles. The highest BCUT2D eigenvalue weighted by molar-refractivity contribution is 7.92. The third-order valence-electron chi connectivity index (χ3n) is 1.31. The molecule has 0 aliphatic rings. The molecule has 66 valence electrons. The molecule has 0 radical (unpaired) electrons. The summed E-state index contributed by atoms with van der Waals surface area (Å²) in [6, 6.07) is 0. The van der Waals surface area contributed by atoms with Crippen molar-refractivity contribution in [2.45, 2.75) is 12.2 Å². The predicted octanol–water partition coefficient (Wildman–Crippen LogP) is -0.758. The quantitative estimate of drug-likeness (QED) is 0.340. The summed E-state index contributed by atoms with van der Waals surface area (Å²) in [6.07, 6.45) is 0.975. The summed E-state index contributed by atoms with van der Waals surface area (Å²) >= 11 is 0. The van der Waals surface area contributed by atoms with Crippen LogP contribution in [0.2, 0.25) is 0 Å². The zero-order valence-corrected chi connectivity index (χ0v) is 7.17. The molecule has 0 amide bonds. The highest BCUT2D eigenvalue weighted by Gasteiger charge is 2.22. The summed E-state index contributed by atoms with van der Waals surface area (Å²) in [5.41, 5.74) is -0.00463. The lowest BCUT2D eigenvalue weighted by molar-refractivity contribution is 0.295. The van der Waals surface area contributed by atoms with Crippen molar-refractivity contribution < 1.29 is 18.7 Å². The van der Waals surface area contributed by atoms with Gasteiger partial charge in [-0.2, -0.15) is 0 Å². The number of nitrogens with zero attached hydrogens (tertiary/aromatic N) is 1. The van der Waals surface area contributed by atoms with Crippen molar-refractivity contribution in [2.75, 3.05) is 12.9 Å². The number of rotatable bonds is 3. The van der Waals surface area contributed by atoms with E-state index in [1.54, 1.807) is 0 Å². The topological polar surface area (TPSA) is 87.0 Å². The molecule has 0 spiro atoms. The second-order valence-electron chi connectivity index (χ2n) is 2.24. The Labute approximate surface area is 65.3 Å². The average Bonchev–Trinajstić information content (AvgIpc) is 1.86. The van der Waals surface area contributed by atoms with Crippen molar-refractivity contribution in [2.24, 2.45) is 5.16 Å². The van der Waals surface area contributed by atoms with Crippen LogP contribution in [0, 0.1) is 0 Å². The lowest BCUT2D eigenvalue weighted by atomic mass is 10.3. The first-order valence-corrected chi connectivity index (χ1v) is 4.87. The first-order chi connectivity index (χ1) is 4.93. The average molecular weight is 181 g/mol. The highest BCUT2D eigenvalue weighted by atomic mass is 32.2. The van der Waals surface area contributed by atoms with Gasteiger partial charge in [-0.1, -0.05) is 5.16 Å². The van der Waals surface area contributed by atoms with E-state index >= 15 is 0 Å². The van der Waals surface area contributed by atoms with Gasteiger partial charge in [-0.3, -0.25) is 0 Å². The third kappa shape index (κ3) is 2.85. The minimum absolute atomic E-state index is 0.00463. The minimum atomic E-state index is -3.37. The Balaban J connectivity index is 4.71. The molecule has 0 bridgehead atoms. The molecule has 0 aromatic heterocycles. The van der Waals surface area contributed by atoms with Crippen LogP contribution in [-0.2, 0) is 9.84 Å². The summed E-state index contributed by atoms with van der Waals surface area (Å²) in [7, 11) is -3.37. The molecule has 0 unspecified atom stereocenters. The van der Waals surface area contributed by atoms with E-state index in [2.05, 4.69) is 5.16 Å². The second kappa shape index (κ2) is 3.68. The van der Waals surface area contributed by atoms with Crippen LogP contribution in [0.1, 0.15) is 6.92 Å². The standard InChI is InChI=1S/C5H11NO4S/c1-4(6-8)5(3-7)11(2,9)10/h5,7-8H,3H2,1-2H3/b6-4-/t5-/m1/s1. The molecule has 6 heteroatoms. The van der Waals surface area contributed by atoms with Crippen molar-refractivity contribution in [1.29, 1.82) is 0 Å². The normalized spacial score (nSPS) is 16.5. The van der Waals surface area contributed by atoms with Crippen LogP contribution >= 0.6 is 0 Å². The summed E-state index contributed by atoms with van der Waals surface area (Å²) in [4.78, 5) is 0. The molecule has 0 aliphatic heterocycles. The van der Waals surface area contributed by atoms with Gasteiger partial charge in [-0.25, -0.2) is 8.42 Å². The van der Waals surface area contributed by atoms with Gasteiger partial charge in [0.1, 0.15) is 5.25 Å². The molecule has 0 heterocycles. The largest absolute Gasteiger partial charge is 0.411 e. The van der Waals surface area contributed by atoms with E-state index in [-0.39, 0.29) is 5.71 Å². The molecule has 0 aliphatic carbocycles. The number of sulfone groups is 1. The molecular weight excluding hydrogens is 170 g/mol. The summed E-state index contributed by atoms with van der Waals surface area (Å²) < 4.78 is 21.6. The van der Waals surface area contributed by atoms with Gasteiger partial charge in [0, 0.05) is 6.26 Å². The third-order valence-corrected chi connectivity index (χ3v) is 2.83. The van der Waals surface area contributed by atoms with Crippen LogP contribution in [0.15, 0.2) is 5.16 Å². The summed E-state index contributed by atoms with van der Waals surface area (Å²) in [6.45, 7) is 0.774. The van der Waals surface area contributed by atoms with E-state index in [9.17, 15) is 8.42 Å². The Morgan fingerprint density at radius 2 is 2.09 bits per heavy atom. The van der Waals surface area contributed by atoms with Crippen LogP contribution in [0.5, 0.6) is 0 Å². The van der Waals surface area contributed by atoms with Crippen molar-refractivity contribution in [3.8, 4) is 0 Å². The van der Waals surface area contributed by atoms with E-state index in [4.69, 9.17) is 10.3 Å². The van der Waals surface area contributed by atoms with E-state index in [1.165, 1.54) is 6.92 Å². The minimum Gasteiger partial charge on any atom is -0.411 e. The predicted molar refractivity (Wildman–Crippen MR) is 40.6 cm³/mol. The fourth-order valence-corrected chi connectivity index (χ4v) is 1.58. The van der Waals surface area contributed by atoms with Crippen LogP contribution in [0.3, 0.4) is 0 Å². The Hall–Kier alpha value is -0.620. The zero-order valence-electron chi connectivity index (χ0n) is 6.35. The molecule has 0 rings (SSSR count). The van der Waals surface area contributed by atoms with E-state index < -0.39 is 21.7 Å². The highest BCUT2D eigenvalue weighted by Crippen LogP contribution is 2.00. The first kappa shape index (κ1) is 10.4. The Bertz CT molecular complexity index is 243. The van der Waals surface area contributed by atoms with Gasteiger partial charge < -0.3 is 10.3 Å². The van der Waals surface area contributed by atoms with Crippen molar-refractivity contribution in [3.05, 3.63) is 0 Å². The van der Waals surface area contributed by atoms with Crippen molar-refractivity contribution >= 4 is 15.5 Å². The second-order valence-corrected chi connectivity index (χ2v) is 4.47. The molecule has 0 saturated carbocycles. The Kier molecular flexibility index (Phi) is 3.47. The molecule has 0 fully saturated rings. The van der Waals surface area contributed by atoms with Gasteiger partial charge in [0.25, 0.3) is 0 Å². The molecule has 5 nitrogen and oxygen atoms in total. The van der Waals surface area contributed by atoms with Crippen molar-refractivity contribution in [1.82, 2.24) is 0 Å². The van der Waals surface area contributed by atoms with Crippen LogP contribution < -0.4 is 0 Å². The van der Waals surface area contributed by atoms with Gasteiger partial charge in [0.05, 0.1) is 12.3 Å². The molecular formula is C5H11NO4S. The van der Waals surface area contributed by atoms with E-state index in [1.807, 2.05) is 0 Å². The fourth-order valence-electron chi connectivity index (χ4n) is 0.642. The SMILES string of the molecule is C/C(=N/O)[C@@H](CO)S(C)(=O)=O. The number of aliphatic hydroxyl groups is 1. The van der Waals surface area contributed by atoms with Crippen molar-refractivity contribution in [3.63, 3.8) is 0 Å². The summed E-state index contributed by atoms with van der Waals surface area (Å²) in [5.74, 6) is 0. The molecule has 0 aromatic rings. The zero-order chi connectivity index (χ0) is 9.07. The monoisotopic (exact) mass is 181 g/mol. The molecule has 11 heavy (non-hydrogen) atoms. The first-order valence-electron chi connectivity index (χ1n) is 2.91. The summed E-state index contributed by atoms with van der Waals surface area (Å²) in [5, 5.41) is 18.4. The maximum absolute atomic E-state index is 10.8. The number of oxime groups is 1. The smallest absolute Gasteiger partial charge is 0.158 e. The van der Waals surface area contributed by atoms with Gasteiger partial charge in [-0.05, 0) is 6.92 Å². The van der Waals surface area contributed by atoms with E-state index in [0.29, 0.717) is 0 Å². The number of hydrogen-bond acceptors (Lipinski definition) is 5. The number of hydrogen-bond donors (Lipinski definition) is 2. The van der Waals surface area contributed by atoms with Crippen LogP contribution in [0.25, 0.3) is 0 Å². The van der Waals surface area contributed by atoms with Gasteiger partial charge in [0.15, 0.2) is 9.84 Å². The maximum atomic E-state index is 10.8. The van der Waals surface area contributed by atoms with Gasteiger partial charge >= 0.3 is 0 Å². The van der Waals surface area contributed by atoms with Gasteiger partial charge in [-0.15, -0.1) is 0 Å². The molecule has 2 N–H and O–H groups in total. The Morgan fingerprint density at radius 3 is 2.18 bits per heavy atom. The lowest BCUT2D eigenvalue weighted by Crippen LogP contribution is -2.31. The Morgan fingerprint density at radius 1 is 1.64 bits per heavy atom. The number of aliphatic hydroxyl groups excluding tert-OH is 1. The maximum Gasteiger partial charge on any atom is 0.158 e. The van der Waals surface area contributed by atoms with Crippen LogP contribution in [-0.4, -0.2) is 42.6 Å². The fraction of sp³-hybridized carbons (Fsp3) is 0.800. The molecule has 1 atom stereocenters. The lowest BCUT2D eigenvalue weighted by Gasteiger charge is -2.08. The van der Waals surface area contributed by atoms with E-state index in [0.717, 1.165) is 6.26 Å². The molecule has 0 saturated heterocycles.